The highest BCUT2D eigenvalue weighted by Gasteiger charge is 2.25. The van der Waals surface area contributed by atoms with E-state index in [1.807, 2.05) is 54.4 Å². The summed E-state index contributed by atoms with van der Waals surface area (Å²) in [6.07, 6.45) is 3.15. The number of carbonyl (C=O) groups excluding carboxylic acids is 1. The maximum atomic E-state index is 13.7. The molecule has 1 fully saturated rings. The number of amides is 1. The molecule has 0 spiro atoms. The van der Waals surface area contributed by atoms with Crippen molar-refractivity contribution in [2.75, 3.05) is 25.1 Å². The lowest BCUT2D eigenvalue weighted by molar-refractivity contribution is -0.133. The smallest absolute Gasteiger partial charge is 0.244 e. The molecule has 198 valence electrons. The van der Waals surface area contributed by atoms with Crippen molar-refractivity contribution in [2.45, 2.75) is 52.4 Å². The predicted octanol–water partition coefficient (Wildman–Crippen LogP) is 4.25. The monoisotopic (exact) mass is 513 g/mol. The van der Waals surface area contributed by atoms with E-state index < -0.39 is 0 Å². The molecule has 5 rings (SSSR count). The van der Waals surface area contributed by atoms with Crippen LogP contribution in [0.4, 0.5) is 5.82 Å². The Morgan fingerprint density at radius 2 is 1.95 bits per heavy atom. The van der Waals surface area contributed by atoms with Gasteiger partial charge < -0.3 is 19.6 Å². The zero-order valence-corrected chi connectivity index (χ0v) is 22.3. The highest BCUT2D eigenvalue weighted by atomic mass is 16.5. The number of aryl methyl sites for hydroxylation is 2. The molecule has 1 N–H and O–H groups in total. The Hall–Kier alpha value is -3.91. The average Bonchev–Trinajstić information content (AvgIpc) is 3.32. The number of anilines is 1. The third-order valence-electron chi connectivity index (χ3n) is 7.12. The number of β-amino-alcohol motifs (C(OH)–C–C–N with tert-alkyl or cyclic N) is 1. The summed E-state index contributed by atoms with van der Waals surface area (Å²) >= 11 is 0. The summed E-state index contributed by atoms with van der Waals surface area (Å²) in [5, 5.41) is 15.9. The Morgan fingerprint density at radius 3 is 2.66 bits per heavy atom. The van der Waals surface area contributed by atoms with Gasteiger partial charge in [-0.05, 0) is 62.1 Å². The quantitative estimate of drug-likeness (QED) is 0.379. The fraction of sp³-hybridized carbons (Fsp3) is 0.367. The molecule has 8 heteroatoms. The molecular weight excluding hydrogens is 478 g/mol. The number of piperidine rings is 1. The fourth-order valence-corrected chi connectivity index (χ4v) is 5.10. The minimum atomic E-state index is -0.383. The molecular formula is C30H35N5O3. The number of fused-ring (bicyclic) bond motifs is 1. The predicted molar refractivity (Wildman–Crippen MR) is 148 cm³/mol. The van der Waals surface area contributed by atoms with Crippen LogP contribution in [0.2, 0.25) is 0 Å². The molecule has 0 radical (unpaired) electrons. The van der Waals surface area contributed by atoms with E-state index in [1.165, 1.54) is 0 Å². The van der Waals surface area contributed by atoms with E-state index in [9.17, 15) is 9.90 Å². The second-order valence-electron chi connectivity index (χ2n) is 10.1. The van der Waals surface area contributed by atoms with Crippen molar-refractivity contribution >= 4 is 22.6 Å². The van der Waals surface area contributed by atoms with Crippen LogP contribution in [0, 0.1) is 13.8 Å². The van der Waals surface area contributed by atoms with E-state index >= 15 is 0 Å². The normalized spacial score (nSPS) is 15.6. The van der Waals surface area contributed by atoms with Gasteiger partial charge in [-0.25, -0.2) is 4.98 Å². The van der Waals surface area contributed by atoms with Crippen LogP contribution in [0.15, 0.2) is 60.8 Å². The minimum absolute atomic E-state index is 0.0297. The van der Waals surface area contributed by atoms with Crippen LogP contribution >= 0.6 is 0 Å². The standard InChI is InChI=1S/C30H35N5O3/c1-21-6-4-7-24-16-25(30(31-29(21)24)33-14-5-8-26(36)19-33)18-34(17-23-9-11-27(38-3)12-10-23)28(37)20-35-15-13-22(2)32-35/h4,6-7,9-13,15-16,26,36H,5,8,14,17-20H2,1-3H3/t26-/m0/s1. The molecule has 0 unspecified atom stereocenters. The Morgan fingerprint density at radius 1 is 1.13 bits per heavy atom. The molecule has 0 bridgehead atoms. The Balaban J connectivity index is 1.52. The Bertz CT molecular complexity index is 1420. The summed E-state index contributed by atoms with van der Waals surface area (Å²) in [6.45, 7) is 6.33. The van der Waals surface area contributed by atoms with Gasteiger partial charge in [0.25, 0.3) is 0 Å². The summed E-state index contributed by atoms with van der Waals surface area (Å²) in [7, 11) is 1.64. The molecule has 1 aliphatic heterocycles. The van der Waals surface area contributed by atoms with Gasteiger partial charge in [-0.1, -0.05) is 30.3 Å². The fourth-order valence-electron chi connectivity index (χ4n) is 5.10. The third kappa shape index (κ3) is 5.81. The van der Waals surface area contributed by atoms with Gasteiger partial charge >= 0.3 is 0 Å². The zero-order chi connectivity index (χ0) is 26.6. The maximum absolute atomic E-state index is 13.7. The number of hydrogen-bond donors (Lipinski definition) is 1. The van der Waals surface area contributed by atoms with Gasteiger partial charge in [0.05, 0.1) is 24.4 Å². The van der Waals surface area contributed by atoms with Crippen LogP contribution in [0.5, 0.6) is 5.75 Å². The number of carbonyl (C=O) groups is 1. The molecule has 1 aliphatic rings. The van der Waals surface area contributed by atoms with E-state index in [-0.39, 0.29) is 18.6 Å². The van der Waals surface area contributed by atoms with Gasteiger partial charge in [-0.3, -0.25) is 9.48 Å². The summed E-state index contributed by atoms with van der Waals surface area (Å²) in [4.78, 5) is 22.8. The number of benzene rings is 2. The molecule has 4 aromatic rings. The van der Waals surface area contributed by atoms with E-state index in [2.05, 4.69) is 35.1 Å². The first kappa shape index (κ1) is 25.7. The molecule has 1 atom stereocenters. The van der Waals surface area contributed by atoms with Crippen molar-refractivity contribution in [1.82, 2.24) is 19.7 Å². The van der Waals surface area contributed by atoms with Crippen LogP contribution < -0.4 is 9.64 Å². The van der Waals surface area contributed by atoms with Crippen molar-refractivity contribution < 1.29 is 14.6 Å². The SMILES string of the molecule is COc1ccc(CN(Cc2cc3cccc(C)c3nc2N2CCC[C@H](O)C2)C(=O)Cn2ccc(C)n2)cc1. The first-order chi connectivity index (χ1) is 18.4. The van der Waals surface area contributed by atoms with Crippen LogP contribution in [-0.2, 0) is 24.4 Å². The average molecular weight is 514 g/mol. The van der Waals surface area contributed by atoms with Crippen LogP contribution in [0.25, 0.3) is 10.9 Å². The van der Waals surface area contributed by atoms with Crippen molar-refractivity contribution in [3.63, 3.8) is 0 Å². The van der Waals surface area contributed by atoms with E-state index in [0.29, 0.717) is 19.6 Å². The molecule has 0 aliphatic carbocycles. The molecule has 38 heavy (non-hydrogen) atoms. The Labute approximate surface area is 223 Å². The number of nitrogens with zero attached hydrogens (tertiary/aromatic N) is 5. The molecule has 1 amide bonds. The second kappa shape index (κ2) is 11.2. The second-order valence-corrected chi connectivity index (χ2v) is 10.1. The molecule has 8 nitrogen and oxygen atoms in total. The number of para-hydroxylation sites is 1. The first-order valence-corrected chi connectivity index (χ1v) is 13.1. The highest BCUT2D eigenvalue weighted by Crippen LogP contribution is 2.29. The molecule has 3 heterocycles. The van der Waals surface area contributed by atoms with Crippen molar-refractivity contribution in [3.05, 3.63) is 83.2 Å². The lowest BCUT2D eigenvalue weighted by atomic mass is 10.0. The number of hydrogen-bond acceptors (Lipinski definition) is 6. The summed E-state index contributed by atoms with van der Waals surface area (Å²) in [5.74, 6) is 1.59. The topological polar surface area (TPSA) is 83.7 Å². The van der Waals surface area contributed by atoms with Gasteiger partial charge in [0.15, 0.2) is 0 Å². The Kier molecular flexibility index (Phi) is 7.60. The lowest BCUT2D eigenvalue weighted by Crippen LogP contribution is -2.40. The van der Waals surface area contributed by atoms with Gasteiger partial charge in [-0.15, -0.1) is 0 Å². The van der Waals surface area contributed by atoms with Crippen LogP contribution in [0.3, 0.4) is 0 Å². The number of aromatic nitrogens is 3. The summed E-state index contributed by atoms with van der Waals surface area (Å²) in [5.41, 5.74) is 4.91. The molecule has 2 aromatic heterocycles. The minimum Gasteiger partial charge on any atom is -0.497 e. The third-order valence-corrected chi connectivity index (χ3v) is 7.12. The number of rotatable bonds is 8. The van der Waals surface area contributed by atoms with E-state index in [1.54, 1.807) is 11.8 Å². The molecule has 0 saturated carbocycles. The van der Waals surface area contributed by atoms with Crippen molar-refractivity contribution in [2.24, 2.45) is 0 Å². The first-order valence-electron chi connectivity index (χ1n) is 13.1. The van der Waals surface area contributed by atoms with Gasteiger partial charge in [-0.2, -0.15) is 5.10 Å². The van der Waals surface area contributed by atoms with Gasteiger partial charge in [0.1, 0.15) is 18.1 Å². The maximum Gasteiger partial charge on any atom is 0.244 e. The molecule has 2 aromatic carbocycles. The number of pyridine rings is 1. The number of methoxy groups -OCH3 is 1. The molecule has 1 saturated heterocycles. The van der Waals surface area contributed by atoms with Crippen molar-refractivity contribution in [3.8, 4) is 5.75 Å². The lowest BCUT2D eigenvalue weighted by Gasteiger charge is -2.33. The van der Waals surface area contributed by atoms with Crippen LogP contribution in [0.1, 0.15) is 35.2 Å². The van der Waals surface area contributed by atoms with Crippen LogP contribution in [-0.4, -0.2) is 57.0 Å². The highest BCUT2D eigenvalue weighted by molar-refractivity contribution is 5.85. The summed E-state index contributed by atoms with van der Waals surface area (Å²) in [6, 6.07) is 18.0. The number of ether oxygens (including phenoxy) is 1. The number of aliphatic hydroxyl groups is 1. The van der Waals surface area contributed by atoms with E-state index in [0.717, 1.165) is 64.2 Å². The van der Waals surface area contributed by atoms with E-state index in [4.69, 9.17) is 9.72 Å². The van der Waals surface area contributed by atoms with Crippen molar-refractivity contribution in [1.29, 1.82) is 0 Å². The van der Waals surface area contributed by atoms with Gasteiger partial charge in [0, 0.05) is 43.3 Å². The largest absolute Gasteiger partial charge is 0.497 e. The zero-order valence-electron chi connectivity index (χ0n) is 22.3. The summed E-state index contributed by atoms with van der Waals surface area (Å²) < 4.78 is 7.00. The number of aliphatic hydroxyl groups excluding tert-OH is 1. The van der Waals surface area contributed by atoms with Gasteiger partial charge in [0.2, 0.25) is 5.91 Å².